The van der Waals surface area contributed by atoms with Crippen molar-refractivity contribution in [1.82, 2.24) is 9.62 Å². The van der Waals surface area contributed by atoms with E-state index < -0.39 is 15.4 Å². The highest BCUT2D eigenvalue weighted by molar-refractivity contribution is 7.88. The summed E-state index contributed by atoms with van der Waals surface area (Å²) in [5, 5.41) is 3.77. The number of nitrogens with one attached hydrogen (secondary N) is 1. The van der Waals surface area contributed by atoms with E-state index in [9.17, 15) is 13.2 Å². The summed E-state index contributed by atoms with van der Waals surface area (Å²) < 4.78 is 25.0. The second-order valence-electron chi connectivity index (χ2n) is 7.23. The molecule has 0 aromatic heterocycles. The van der Waals surface area contributed by atoms with Crippen LogP contribution in [0.4, 0.5) is 0 Å². The number of piperidine rings is 1. The average Bonchev–Trinajstić information content (AvgIpc) is 3.05. The molecule has 0 radical (unpaired) electrons. The highest BCUT2D eigenvalue weighted by atomic mass is 35.5. The van der Waals surface area contributed by atoms with Crippen molar-refractivity contribution in [2.75, 3.05) is 19.3 Å². The van der Waals surface area contributed by atoms with Gasteiger partial charge in [0, 0.05) is 24.2 Å². The van der Waals surface area contributed by atoms with Crippen molar-refractivity contribution in [1.29, 1.82) is 0 Å². The fraction of sp³-hybridized carbons (Fsp3) is 0.611. The molecule has 138 valence electrons. The molecule has 1 atom stereocenters. The maximum absolute atomic E-state index is 13.2. The third kappa shape index (κ3) is 4.01. The second-order valence-corrected chi connectivity index (χ2v) is 9.65. The highest BCUT2D eigenvalue weighted by Crippen LogP contribution is 2.42. The lowest BCUT2D eigenvalue weighted by molar-refractivity contribution is -0.127. The van der Waals surface area contributed by atoms with Crippen LogP contribution in [0.1, 0.15) is 44.1 Å². The molecule has 0 spiro atoms. The van der Waals surface area contributed by atoms with Crippen molar-refractivity contribution in [2.24, 2.45) is 0 Å². The number of hydrogen-bond acceptors (Lipinski definition) is 3. The summed E-state index contributed by atoms with van der Waals surface area (Å²) in [5.41, 5.74) is 0.420. The predicted octanol–water partition coefficient (Wildman–Crippen LogP) is 2.69. The van der Waals surface area contributed by atoms with Crippen LogP contribution in [-0.2, 0) is 20.2 Å². The Morgan fingerprint density at radius 1 is 1.28 bits per heavy atom. The number of rotatable bonds is 4. The van der Waals surface area contributed by atoms with E-state index in [1.807, 2.05) is 24.3 Å². The first-order valence-corrected chi connectivity index (χ1v) is 11.1. The molecule has 1 N–H and O–H groups in total. The molecule has 1 aromatic rings. The molecule has 1 amide bonds. The van der Waals surface area contributed by atoms with Gasteiger partial charge in [-0.1, -0.05) is 36.6 Å². The molecule has 1 heterocycles. The molecule has 1 saturated heterocycles. The highest BCUT2D eigenvalue weighted by Gasteiger charge is 2.43. The van der Waals surface area contributed by atoms with Crippen LogP contribution >= 0.6 is 11.6 Å². The van der Waals surface area contributed by atoms with Crippen molar-refractivity contribution >= 4 is 27.5 Å². The first-order valence-electron chi connectivity index (χ1n) is 8.83. The van der Waals surface area contributed by atoms with E-state index in [1.54, 1.807) is 0 Å². The van der Waals surface area contributed by atoms with Crippen LogP contribution in [0.15, 0.2) is 24.3 Å². The number of carbonyl (C=O) groups is 1. The average molecular weight is 385 g/mol. The van der Waals surface area contributed by atoms with Crippen LogP contribution in [0.5, 0.6) is 0 Å². The summed E-state index contributed by atoms with van der Waals surface area (Å²) in [4.78, 5) is 13.2. The molecular formula is C18H25ClN2O3S. The van der Waals surface area contributed by atoms with Crippen molar-refractivity contribution in [2.45, 2.75) is 50.0 Å². The Bertz CT molecular complexity index is 744. The van der Waals surface area contributed by atoms with Gasteiger partial charge in [-0.15, -0.1) is 0 Å². The van der Waals surface area contributed by atoms with Crippen LogP contribution in [-0.4, -0.2) is 44.0 Å². The topological polar surface area (TPSA) is 66.5 Å². The standard InChI is InChI=1S/C18H25ClN2O3S/c1-25(23,24)21-11-5-8-16(13-21)20-17(22)18(9-2-3-10-18)14-6-4-7-15(19)12-14/h4,6-7,12,16H,2-3,5,8-11,13H2,1H3,(H,20,22). The van der Waals surface area contributed by atoms with Crippen LogP contribution < -0.4 is 5.32 Å². The Morgan fingerprint density at radius 3 is 2.64 bits per heavy atom. The molecule has 1 unspecified atom stereocenters. The van der Waals surface area contributed by atoms with Crippen molar-refractivity contribution in [3.8, 4) is 0 Å². The van der Waals surface area contributed by atoms with E-state index in [1.165, 1.54) is 10.6 Å². The lowest BCUT2D eigenvalue weighted by Gasteiger charge is -2.35. The number of nitrogens with zero attached hydrogens (tertiary/aromatic N) is 1. The van der Waals surface area contributed by atoms with E-state index in [0.717, 1.165) is 44.1 Å². The zero-order valence-corrected chi connectivity index (χ0v) is 16.1. The predicted molar refractivity (Wildman–Crippen MR) is 99.2 cm³/mol. The van der Waals surface area contributed by atoms with E-state index in [0.29, 0.717) is 18.1 Å². The third-order valence-corrected chi connectivity index (χ3v) is 6.96. The maximum Gasteiger partial charge on any atom is 0.230 e. The van der Waals surface area contributed by atoms with Gasteiger partial charge < -0.3 is 5.32 Å². The Morgan fingerprint density at radius 2 is 2.00 bits per heavy atom. The number of amides is 1. The summed E-state index contributed by atoms with van der Waals surface area (Å²) >= 11 is 6.15. The molecular weight excluding hydrogens is 360 g/mol. The summed E-state index contributed by atoms with van der Waals surface area (Å²) in [6.07, 6.45) is 6.44. The minimum Gasteiger partial charge on any atom is -0.351 e. The lowest BCUT2D eigenvalue weighted by Crippen LogP contribution is -2.53. The van der Waals surface area contributed by atoms with E-state index in [-0.39, 0.29) is 11.9 Å². The molecule has 0 bridgehead atoms. The summed E-state index contributed by atoms with van der Waals surface area (Å²) in [5.74, 6) is 0.00705. The minimum absolute atomic E-state index is 0.00705. The van der Waals surface area contributed by atoms with Gasteiger partial charge in [-0.2, -0.15) is 0 Å². The Hall–Kier alpha value is -1.11. The monoisotopic (exact) mass is 384 g/mol. The van der Waals surface area contributed by atoms with E-state index in [2.05, 4.69) is 5.32 Å². The molecule has 1 saturated carbocycles. The Labute approximate surface area is 154 Å². The van der Waals surface area contributed by atoms with Gasteiger partial charge in [0.2, 0.25) is 15.9 Å². The van der Waals surface area contributed by atoms with Crippen LogP contribution in [0.2, 0.25) is 5.02 Å². The van der Waals surface area contributed by atoms with Gasteiger partial charge in [-0.25, -0.2) is 12.7 Å². The summed E-state index contributed by atoms with van der Waals surface area (Å²) in [6.45, 7) is 0.890. The smallest absolute Gasteiger partial charge is 0.230 e. The van der Waals surface area contributed by atoms with E-state index in [4.69, 9.17) is 11.6 Å². The molecule has 3 rings (SSSR count). The van der Waals surface area contributed by atoms with E-state index >= 15 is 0 Å². The van der Waals surface area contributed by atoms with Gasteiger partial charge in [-0.05, 0) is 43.4 Å². The minimum atomic E-state index is -3.22. The van der Waals surface area contributed by atoms with Gasteiger partial charge in [-0.3, -0.25) is 4.79 Å². The van der Waals surface area contributed by atoms with Gasteiger partial charge in [0.05, 0.1) is 11.7 Å². The first kappa shape index (κ1) is 18.7. The molecule has 1 aliphatic heterocycles. The largest absolute Gasteiger partial charge is 0.351 e. The van der Waals surface area contributed by atoms with Gasteiger partial charge in [0.1, 0.15) is 0 Å². The quantitative estimate of drug-likeness (QED) is 0.867. The maximum atomic E-state index is 13.2. The van der Waals surface area contributed by atoms with Gasteiger partial charge in [0.25, 0.3) is 0 Å². The number of hydrogen-bond donors (Lipinski definition) is 1. The molecule has 2 fully saturated rings. The molecule has 2 aliphatic rings. The second kappa shape index (κ2) is 7.25. The Kier molecular flexibility index (Phi) is 5.42. The fourth-order valence-electron chi connectivity index (χ4n) is 4.10. The summed E-state index contributed by atoms with van der Waals surface area (Å²) in [7, 11) is -3.22. The van der Waals surface area contributed by atoms with Crippen LogP contribution in [0, 0.1) is 0 Å². The summed E-state index contributed by atoms with van der Waals surface area (Å²) in [6, 6.07) is 7.43. The number of halogens is 1. The first-order chi connectivity index (χ1) is 11.8. The lowest BCUT2D eigenvalue weighted by atomic mass is 9.77. The van der Waals surface area contributed by atoms with Crippen LogP contribution in [0.25, 0.3) is 0 Å². The van der Waals surface area contributed by atoms with Crippen molar-refractivity contribution in [3.05, 3.63) is 34.9 Å². The molecule has 1 aliphatic carbocycles. The molecule has 5 nitrogen and oxygen atoms in total. The van der Waals surface area contributed by atoms with Gasteiger partial charge in [0.15, 0.2) is 0 Å². The number of carbonyl (C=O) groups excluding carboxylic acids is 1. The number of benzene rings is 1. The number of sulfonamides is 1. The van der Waals surface area contributed by atoms with Crippen molar-refractivity contribution in [3.63, 3.8) is 0 Å². The van der Waals surface area contributed by atoms with Crippen LogP contribution in [0.3, 0.4) is 0 Å². The molecule has 7 heteroatoms. The molecule has 1 aromatic carbocycles. The third-order valence-electron chi connectivity index (χ3n) is 5.46. The van der Waals surface area contributed by atoms with Crippen molar-refractivity contribution < 1.29 is 13.2 Å². The fourth-order valence-corrected chi connectivity index (χ4v) is 5.20. The normalized spacial score (nSPS) is 24.2. The van der Waals surface area contributed by atoms with Gasteiger partial charge >= 0.3 is 0 Å². The zero-order valence-electron chi connectivity index (χ0n) is 14.5. The SMILES string of the molecule is CS(=O)(=O)N1CCCC(NC(=O)C2(c3cccc(Cl)c3)CCCC2)C1. The zero-order chi connectivity index (χ0) is 18.1. The Balaban J connectivity index is 1.78. The molecule has 25 heavy (non-hydrogen) atoms.